The van der Waals surface area contributed by atoms with E-state index < -0.39 is 11.9 Å². The Kier molecular flexibility index (Phi) is 11.6. The van der Waals surface area contributed by atoms with Gasteiger partial charge in [0.1, 0.15) is 0 Å². The molecule has 2 unspecified atom stereocenters. The van der Waals surface area contributed by atoms with Crippen LogP contribution >= 0.6 is 11.6 Å². The highest BCUT2D eigenvalue weighted by Gasteiger charge is 2.24. The summed E-state index contributed by atoms with van der Waals surface area (Å²) in [7, 11) is 0. The highest BCUT2D eigenvalue weighted by Crippen LogP contribution is 2.28. The molecule has 0 heterocycles. The molecule has 1 saturated carbocycles. The van der Waals surface area contributed by atoms with E-state index in [-0.39, 0.29) is 11.3 Å². The molecule has 0 spiro atoms. The van der Waals surface area contributed by atoms with Crippen molar-refractivity contribution in [3.63, 3.8) is 0 Å². The lowest BCUT2D eigenvalue weighted by Gasteiger charge is -2.26. The summed E-state index contributed by atoms with van der Waals surface area (Å²) in [6, 6.07) is 0. The number of carbonyl (C=O) groups excluding carboxylic acids is 2. The second-order valence-electron chi connectivity index (χ2n) is 6.46. The van der Waals surface area contributed by atoms with Gasteiger partial charge in [-0.05, 0) is 19.3 Å². The monoisotopic (exact) mass is 358 g/mol. The van der Waals surface area contributed by atoms with Gasteiger partial charge in [-0.3, -0.25) is 0 Å². The standard InChI is InChI=1S/C19H31ClO4/c1-2-3-4-5-6-9-14-23-18(21)12-13-19(22)24-15-16-10-7-8-11-17(16)20/h12-13,16-17H,2-11,14-15H2,1H3/b13-12+. The van der Waals surface area contributed by atoms with E-state index in [0.717, 1.165) is 50.7 Å². The van der Waals surface area contributed by atoms with Crippen LogP contribution in [0.2, 0.25) is 0 Å². The van der Waals surface area contributed by atoms with Crippen molar-refractivity contribution in [2.45, 2.75) is 76.5 Å². The van der Waals surface area contributed by atoms with Crippen molar-refractivity contribution < 1.29 is 19.1 Å². The lowest BCUT2D eigenvalue weighted by Crippen LogP contribution is -2.25. The average Bonchev–Trinajstić information content (AvgIpc) is 2.58. The molecule has 2 atom stereocenters. The van der Waals surface area contributed by atoms with Gasteiger partial charge in [-0.1, -0.05) is 51.9 Å². The van der Waals surface area contributed by atoms with Crippen molar-refractivity contribution in [3.05, 3.63) is 12.2 Å². The highest BCUT2D eigenvalue weighted by atomic mass is 35.5. The third kappa shape index (κ3) is 9.96. The molecule has 0 aromatic carbocycles. The van der Waals surface area contributed by atoms with Gasteiger partial charge in [-0.15, -0.1) is 11.6 Å². The maximum absolute atomic E-state index is 11.6. The van der Waals surface area contributed by atoms with E-state index in [1.165, 1.54) is 25.7 Å². The van der Waals surface area contributed by atoms with Crippen molar-refractivity contribution in [2.24, 2.45) is 5.92 Å². The third-order valence-corrected chi connectivity index (χ3v) is 4.93. The third-order valence-electron chi connectivity index (χ3n) is 4.35. The molecule has 1 fully saturated rings. The van der Waals surface area contributed by atoms with E-state index in [0.29, 0.717) is 13.2 Å². The summed E-state index contributed by atoms with van der Waals surface area (Å²) < 4.78 is 10.2. The molecule has 0 N–H and O–H groups in total. The zero-order valence-corrected chi connectivity index (χ0v) is 15.6. The van der Waals surface area contributed by atoms with Gasteiger partial charge >= 0.3 is 11.9 Å². The Morgan fingerprint density at radius 2 is 1.58 bits per heavy atom. The molecule has 1 aliphatic rings. The van der Waals surface area contributed by atoms with Crippen LogP contribution in [-0.4, -0.2) is 30.5 Å². The molecular weight excluding hydrogens is 328 g/mol. The van der Waals surface area contributed by atoms with E-state index in [1.807, 2.05) is 0 Å². The van der Waals surface area contributed by atoms with Crippen LogP contribution in [0.3, 0.4) is 0 Å². The van der Waals surface area contributed by atoms with E-state index in [2.05, 4.69) is 6.92 Å². The summed E-state index contributed by atoms with van der Waals surface area (Å²) in [6.45, 7) is 2.91. The Hall–Kier alpha value is -1.03. The first-order valence-electron chi connectivity index (χ1n) is 9.29. The number of rotatable bonds is 11. The molecule has 0 amide bonds. The highest BCUT2D eigenvalue weighted by molar-refractivity contribution is 6.20. The SMILES string of the molecule is CCCCCCCCOC(=O)/C=C/C(=O)OCC1CCCCC1Cl. The second-order valence-corrected chi connectivity index (χ2v) is 7.02. The summed E-state index contributed by atoms with van der Waals surface area (Å²) in [5.74, 6) is -0.785. The van der Waals surface area contributed by atoms with E-state index in [9.17, 15) is 9.59 Å². The normalized spacial score (nSPS) is 20.9. The molecule has 0 aliphatic heterocycles. The predicted octanol–water partition coefficient (Wildman–Crippen LogP) is 4.79. The molecule has 0 saturated heterocycles. The number of hydrogen-bond acceptors (Lipinski definition) is 4. The Bertz CT molecular complexity index is 395. The second kappa shape index (κ2) is 13.3. The molecule has 0 radical (unpaired) electrons. The van der Waals surface area contributed by atoms with Gasteiger partial charge in [-0.2, -0.15) is 0 Å². The van der Waals surface area contributed by atoms with Crippen LogP contribution in [0.15, 0.2) is 12.2 Å². The predicted molar refractivity (Wildman–Crippen MR) is 96.0 cm³/mol. The van der Waals surface area contributed by atoms with Gasteiger partial charge in [-0.25, -0.2) is 9.59 Å². The van der Waals surface area contributed by atoms with Crippen molar-refractivity contribution in [1.82, 2.24) is 0 Å². The maximum atomic E-state index is 11.6. The first kappa shape index (κ1) is 21.0. The fourth-order valence-electron chi connectivity index (χ4n) is 2.83. The molecular formula is C19H31ClO4. The van der Waals surface area contributed by atoms with Crippen LogP contribution in [0.5, 0.6) is 0 Å². The molecule has 138 valence electrons. The van der Waals surface area contributed by atoms with E-state index >= 15 is 0 Å². The fourth-order valence-corrected chi connectivity index (χ4v) is 3.18. The zero-order valence-electron chi connectivity index (χ0n) is 14.8. The van der Waals surface area contributed by atoms with Gasteiger partial charge in [0.2, 0.25) is 0 Å². The number of unbranched alkanes of at least 4 members (excludes halogenated alkanes) is 5. The minimum absolute atomic E-state index is 0.0813. The fraction of sp³-hybridized carbons (Fsp3) is 0.789. The van der Waals surface area contributed by atoms with Gasteiger partial charge in [0, 0.05) is 23.4 Å². The van der Waals surface area contributed by atoms with Gasteiger partial charge < -0.3 is 9.47 Å². The lowest BCUT2D eigenvalue weighted by molar-refractivity contribution is -0.141. The molecule has 4 nitrogen and oxygen atoms in total. The van der Waals surface area contributed by atoms with Crippen LogP contribution in [0.1, 0.15) is 71.1 Å². The van der Waals surface area contributed by atoms with Crippen LogP contribution < -0.4 is 0 Å². The molecule has 0 aromatic heterocycles. The van der Waals surface area contributed by atoms with Crippen molar-refractivity contribution in [1.29, 1.82) is 0 Å². The first-order chi connectivity index (χ1) is 11.6. The Morgan fingerprint density at radius 1 is 0.958 bits per heavy atom. The van der Waals surface area contributed by atoms with Crippen LogP contribution in [-0.2, 0) is 19.1 Å². The molecule has 1 rings (SSSR count). The van der Waals surface area contributed by atoms with Gasteiger partial charge in [0.05, 0.1) is 13.2 Å². The number of hydrogen-bond donors (Lipinski definition) is 0. The summed E-state index contributed by atoms with van der Waals surface area (Å²) in [4.78, 5) is 23.1. The quantitative estimate of drug-likeness (QED) is 0.231. The summed E-state index contributed by atoms with van der Waals surface area (Å²) in [5, 5.41) is 0.0813. The lowest BCUT2D eigenvalue weighted by atomic mass is 9.89. The topological polar surface area (TPSA) is 52.6 Å². The number of esters is 2. The molecule has 0 aromatic rings. The van der Waals surface area contributed by atoms with Crippen LogP contribution in [0, 0.1) is 5.92 Å². The summed E-state index contributed by atoms with van der Waals surface area (Å²) in [6.07, 6.45) is 13.3. The van der Waals surface area contributed by atoms with Crippen LogP contribution in [0.25, 0.3) is 0 Å². The van der Waals surface area contributed by atoms with Crippen molar-refractivity contribution in [3.8, 4) is 0 Å². The number of carbonyl (C=O) groups is 2. The average molecular weight is 359 g/mol. The van der Waals surface area contributed by atoms with E-state index in [1.54, 1.807) is 0 Å². The van der Waals surface area contributed by atoms with E-state index in [4.69, 9.17) is 21.1 Å². The van der Waals surface area contributed by atoms with Crippen LogP contribution in [0.4, 0.5) is 0 Å². The number of alkyl halides is 1. The molecule has 5 heteroatoms. The number of halogens is 1. The first-order valence-corrected chi connectivity index (χ1v) is 9.72. The smallest absolute Gasteiger partial charge is 0.331 e. The number of ether oxygens (including phenoxy) is 2. The Labute approximate surface area is 150 Å². The molecule has 0 bridgehead atoms. The Balaban J connectivity index is 2.06. The van der Waals surface area contributed by atoms with Crippen molar-refractivity contribution in [2.75, 3.05) is 13.2 Å². The summed E-state index contributed by atoms with van der Waals surface area (Å²) >= 11 is 6.22. The molecule has 1 aliphatic carbocycles. The largest absolute Gasteiger partial charge is 0.463 e. The minimum Gasteiger partial charge on any atom is -0.463 e. The van der Waals surface area contributed by atoms with Crippen molar-refractivity contribution >= 4 is 23.5 Å². The van der Waals surface area contributed by atoms with Gasteiger partial charge in [0.15, 0.2) is 0 Å². The Morgan fingerprint density at radius 3 is 2.29 bits per heavy atom. The zero-order chi connectivity index (χ0) is 17.6. The molecule has 24 heavy (non-hydrogen) atoms. The van der Waals surface area contributed by atoms with Gasteiger partial charge in [0.25, 0.3) is 0 Å². The maximum Gasteiger partial charge on any atom is 0.331 e. The minimum atomic E-state index is -0.513. The summed E-state index contributed by atoms with van der Waals surface area (Å²) in [5.41, 5.74) is 0.